The van der Waals surface area contributed by atoms with Crippen LogP contribution < -0.4 is 5.32 Å². The highest BCUT2D eigenvalue weighted by Gasteiger charge is 2.26. The molecule has 1 N–H and O–H groups in total. The molecule has 1 aliphatic rings. The number of anilines is 1. The minimum atomic E-state index is 0.319. The van der Waals surface area contributed by atoms with E-state index < -0.39 is 0 Å². The Balaban J connectivity index is 1.88. The van der Waals surface area contributed by atoms with Crippen LogP contribution in [0.2, 0.25) is 5.02 Å². The molecule has 0 saturated carbocycles. The highest BCUT2D eigenvalue weighted by atomic mass is 35.5. The third-order valence-corrected chi connectivity index (χ3v) is 3.35. The van der Waals surface area contributed by atoms with Gasteiger partial charge in [0, 0.05) is 26.0 Å². The number of nitrogens with one attached hydrogen (secondary N) is 1. The maximum absolute atomic E-state index is 5.78. The van der Waals surface area contributed by atoms with Gasteiger partial charge in [0.1, 0.15) is 5.82 Å². The summed E-state index contributed by atoms with van der Waals surface area (Å²) >= 11 is 5.78. The molecular formula is C12H17ClN2O. The molecule has 0 spiro atoms. The van der Waals surface area contributed by atoms with Crippen LogP contribution in [0, 0.1) is 5.41 Å². The van der Waals surface area contributed by atoms with Gasteiger partial charge in [0.25, 0.3) is 0 Å². The van der Waals surface area contributed by atoms with Gasteiger partial charge in [-0.15, -0.1) is 0 Å². The van der Waals surface area contributed by atoms with Crippen molar-refractivity contribution < 1.29 is 4.74 Å². The lowest BCUT2D eigenvalue weighted by atomic mass is 9.82. The van der Waals surface area contributed by atoms with Crippen LogP contribution in [-0.4, -0.2) is 24.7 Å². The first kappa shape index (κ1) is 11.7. The molecule has 3 nitrogen and oxygen atoms in total. The average Bonchev–Trinajstić information content (AvgIpc) is 2.29. The number of pyridine rings is 1. The van der Waals surface area contributed by atoms with E-state index in [0.29, 0.717) is 10.4 Å². The number of nitrogens with zero attached hydrogens (tertiary/aromatic N) is 1. The first-order chi connectivity index (χ1) is 7.68. The molecule has 2 rings (SSSR count). The van der Waals surface area contributed by atoms with Crippen molar-refractivity contribution in [1.29, 1.82) is 0 Å². The van der Waals surface area contributed by atoms with E-state index in [1.54, 1.807) is 6.20 Å². The lowest BCUT2D eigenvalue weighted by Crippen LogP contribution is -2.33. The van der Waals surface area contributed by atoms with Crippen molar-refractivity contribution in [2.75, 3.05) is 25.1 Å². The van der Waals surface area contributed by atoms with Gasteiger partial charge in [0.05, 0.1) is 5.02 Å². The van der Waals surface area contributed by atoms with E-state index in [2.05, 4.69) is 17.2 Å². The van der Waals surface area contributed by atoms with Crippen molar-refractivity contribution in [3.63, 3.8) is 0 Å². The normalized spacial score (nSPS) is 19.4. The van der Waals surface area contributed by atoms with Gasteiger partial charge < -0.3 is 10.1 Å². The zero-order valence-electron chi connectivity index (χ0n) is 9.50. The Hall–Kier alpha value is -0.800. The summed E-state index contributed by atoms with van der Waals surface area (Å²) in [6, 6.07) is 3.76. The summed E-state index contributed by atoms with van der Waals surface area (Å²) in [5.41, 5.74) is 0.319. The molecule has 0 aliphatic carbocycles. The molecule has 1 saturated heterocycles. The van der Waals surface area contributed by atoms with Crippen LogP contribution in [0.15, 0.2) is 18.3 Å². The van der Waals surface area contributed by atoms with Gasteiger partial charge in [0.2, 0.25) is 0 Å². The predicted octanol–water partition coefficient (Wildman–Crippen LogP) is 2.96. The van der Waals surface area contributed by atoms with Gasteiger partial charge in [-0.3, -0.25) is 0 Å². The molecule has 0 radical (unpaired) electrons. The summed E-state index contributed by atoms with van der Waals surface area (Å²) in [6.45, 7) is 4.96. The molecule has 1 aromatic heterocycles. The van der Waals surface area contributed by atoms with Gasteiger partial charge in [0.15, 0.2) is 0 Å². The molecule has 0 unspecified atom stereocenters. The van der Waals surface area contributed by atoms with E-state index in [1.165, 1.54) is 0 Å². The van der Waals surface area contributed by atoms with E-state index in [4.69, 9.17) is 16.3 Å². The van der Waals surface area contributed by atoms with Crippen molar-refractivity contribution in [2.45, 2.75) is 19.8 Å². The van der Waals surface area contributed by atoms with Crippen LogP contribution in [0.1, 0.15) is 19.8 Å². The Bertz CT molecular complexity index is 333. The summed E-state index contributed by atoms with van der Waals surface area (Å²) < 4.78 is 5.37. The standard InChI is InChI=1S/C12H17ClN2O/c1-12(4-6-16-7-5-12)9-15-11-3-2-10(13)8-14-11/h2-3,8H,4-7,9H2,1H3,(H,14,15). The topological polar surface area (TPSA) is 34.2 Å². The van der Waals surface area contributed by atoms with E-state index in [9.17, 15) is 0 Å². The molecule has 1 aromatic rings. The van der Waals surface area contributed by atoms with Crippen molar-refractivity contribution in [3.8, 4) is 0 Å². The highest BCUT2D eigenvalue weighted by molar-refractivity contribution is 6.30. The molecule has 16 heavy (non-hydrogen) atoms. The molecule has 4 heteroatoms. The number of hydrogen-bond donors (Lipinski definition) is 1. The smallest absolute Gasteiger partial charge is 0.126 e. The maximum atomic E-state index is 5.78. The summed E-state index contributed by atoms with van der Waals surface area (Å²) in [7, 11) is 0. The monoisotopic (exact) mass is 240 g/mol. The first-order valence-corrected chi connectivity index (χ1v) is 5.99. The Kier molecular flexibility index (Phi) is 3.66. The molecule has 2 heterocycles. The number of ether oxygens (including phenoxy) is 1. The number of hydrogen-bond acceptors (Lipinski definition) is 3. The molecule has 1 fully saturated rings. The fraction of sp³-hybridized carbons (Fsp3) is 0.583. The van der Waals surface area contributed by atoms with Crippen LogP contribution in [0.3, 0.4) is 0 Å². The molecule has 1 aliphatic heterocycles. The summed E-state index contributed by atoms with van der Waals surface area (Å²) in [6.07, 6.45) is 3.87. The molecule has 0 aromatic carbocycles. The lowest BCUT2D eigenvalue weighted by molar-refractivity contribution is 0.0300. The zero-order valence-corrected chi connectivity index (χ0v) is 10.3. The quantitative estimate of drug-likeness (QED) is 0.882. The number of aromatic nitrogens is 1. The van der Waals surface area contributed by atoms with Gasteiger partial charge >= 0.3 is 0 Å². The van der Waals surface area contributed by atoms with Crippen LogP contribution in [-0.2, 0) is 4.74 Å². The van der Waals surface area contributed by atoms with Crippen LogP contribution >= 0.6 is 11.6 Å². The molecule has 0 amide bonds. The van der Waals surface area contributed by atoms with Crippen LogP contribution in [0.5, 0.6) is 0 Å². The van der Waals surface area contributed by atoms with Crippen molar-refractivity contribution in [1.82, 2.24) is 4.98 Å². The second-order valence-electron chi connectivity index (χ2n) is 4.64. The highest BCUT2D eigenvalue weighted by Crippen LogP contribution is 2.29. The molecule has 0 bridgehead atoms. The second kappa shape index (κ2) is 5.02. The largest absolute Gasteiger partial charge is 0.381 e. The SMILES string of the molecule is CC1(CNc2ccc(Cl)cn2)CCOCC1. The Morgan fingerprint density at radius 2 is 2.19 bits per heavy atom. The van der Waals surface area contributed by atoms with Crippen molar-refractivity contribution >= 4 is 17.4 Å². The third-order valence-electron chi connectivity index (χ3n) is 3.12. The molecule has 0 atom stereocenters. The van der Waals surface area contributed by atoms with E-state index in [0.717, 1.165) is 38.4 Å². The fourth-order valence-electron chi connectivity index (χ4n) is 1.83. The molecular weight excluding hydrogens is 224 g/mol. The summed E-state index contributed by atoms with van der Waals surface area (Å²) in [5, 5.41) is 4.03. The number of halogens is 1. The predicted molar refractivity (Wildman–Crippen MR) is 65.9 cm³/mol. The molecule has 88 valence electrons. The van der Waals surface area contributed by atoms with Gasteiger partial charge in [-0.25, -0.2) is 4.98 Å². The van der Waals surface area contributed by atoms with E-state index in [-0.39, 0.29) is 0 Å². The van der Waals surface area contributed by atoms with Crippen molar-refractivity contribution in [3.05, 3.63) is 23.4 Å². The lowest BCUT2D eigenvalue weighted by Gasteiger charge is -2.33. The zero-order chi connectivity index (χ0) is 11.4. The minimum absolute atomic E-state index is 0.319. The summed E-state index contributed by atoms with van der Waals surface area (Å²) in [4.78, 5) is 4.22. The van der Waals surface area contributed by atoms with E-state index >= 15 is 0 Å². The minimum Gasteiger partial charge on any atom is -0.381 e. The number of rotatable bonds is 3. The van der Waals surface area contributed by atoms with Crippen LogP contribution in [0.4, 0.5) is 5.82 Å². The average molecular weight is 241 g/mol. The van der Waals surface area contributed by atoms with Crippen LogP contribution in [0.25, 0.3) is 0 Å². The Labute approximate surface area is 101 Å². The maximum Gasteiger partial charge on any atom is 0.126 e. The van der Waals surface area contributed by atoms with Crippen molar-refractivity contribution in [2.24, 2.45) is 5.41 Å². The summed E-state index contributed by atoms with van der Waals surface area (Å²) in [5.74, 6) is 0.886. The van der Waals surface area contributed by atoms with Gasteiger partial charge in [-0.05, 0) is 30.4 Å². The van der Waals surface area contributed by atoms with Gasteiger partial charge in [-0.1, -0.05) is 18.5 Å². The Morgan fingerprint density at radius 3 is 2.81 bits per heavy atom. The Morgan fingerprint density at radius 1 is 1.44 bits per heavy atom. The van der Waals surface area contributed by atoms with E-state index in [1.807, 2.05) is 12.1 Å². The fourth-order valence-corrected chi connectivity index (χ4v) is 1.94. The second-order valence-corrected chi connectivity index (χ2v) is 5.07. The first-order valence-electron chi connectivity index (χ1n) is 5.61. The third kappa shape index (κ3) is 3.09. The van der Waals surface area contributed by atoms with Gasteiger partial charge in [-0.2, -0.15) is 0 Å².